The number of nitrogens with zero attached hydrogens (tertiary/aromatic N) is 3. The van der Waals surface area contributed by atoms with Crippen LogP contribution in [0.5, 0.6) is 5.75 Å². The third kappa shape index (κ3) is 8.77. The zero-order chi connectivity index (χ0) is 36.1. The molecule has 0 bridgehead atoms. The number of likely N-dealkylation sites (N-methyl/N-ethyl adjacent to an activating group) is 1. The Morgan fingerprint density at radius 3 is 2.53 bits per heavy atom. The standard InChI is InChI=1S/C37H51N5O9/c1-40(2)16-17-49-28-15-14-24-21-41(22-25(24)18-28)36(48)51-29-19-31-32(43)39-37(34(45)46)20-26(37)10-6-4-3-5-7-13-30(33(44)42(31)23-29)38-35(47)50-27-11-8-9-12-27/h6,10,14-15,18,26-27,29-31H,3-5,7-9,11-13,16-17,19-23H2,1-2H3,(H,38,47)(H,39,43)(H,45,46)/b10-6-/t26-,29+,30-,31-,37+/m0/s1. The van der Waals surface area contributed by atoms with Crippen molar-refractivity contribution in [3.8, 4) is 5.75 Å². The molecule has 1 saturated heterocycles. The van der Waals surface area contributed by atoms with Gasteiger partial charge >= 0.3 is 18.2 Å². The molecule has 0 unspecified atom stereocenters. The highest BCUT2D eigenvalue weighted by molar-refractivity contribution is 5.96. The van der Waals surface area contributed by atoms with Crippen LogP contribution in [0.4, 0.5) is 9.59 Å². The van der Waals surface area contributed by atoms with E-state index in [-0.39, 0.29) is 31.4 Å². The molecule has 1 aromatic rings. The number of fused-ring (bicyclic) bond motifs is 3. The second-order valence-electron chi connectivity index (χ2n) is 14.8. The first kappa shape index (κ1) is 36.5. The zero-order valence-corrected chi connectivity index (χ0v) is 29.6. The number of carboxylic acids is 1. The van der Waals surface area contributed by atoms with Gasteiger partial charge in [0, 0.05) is 32.0 Å². The topological polar surface area (TPSA) is 167 Å². The highest BCUT2D eigenvalue weighted by Crippen LogP contribution is 2.45. The van der Waals surface area contributed by atoms with Crippen molar-refractivity contribution in [1.82, 2.24) is 25.3 Å². The Kier molecular flexibility index (Phi) is 11.4. The first-order valence-corrected chi connectivity index (χ1v) is 18.4. The number of alkyl carbamates (subject to hydrolysis) is 1. The second kappa shape index (κ2) is 15.9. The van der Waals surface area contributed by atoms with E-state index >= 15 is 0 Å². The largest absolute Gasteiger partial charge is 0.492 e. The van der Waals surface area contributed by atoms with E-state index in [9.17, 15) is 29.1 Å². The smallest absolute Gasteiger partial charge is 0.410 e. The molecule has 0 radical (unpaired) electrons. The summed E-state index contributed by atoms with van der Waals surface area (Å²) in [5, 5.41) is 15.6. The molecule has 3 heterocycles. The molecule has 1 aromatic carbocycles. The minimum atomic E-state index is -1.46. The summed E-state index contributed by atoms with van der Waals surface area (Å²) < 4.78 is 17.4. The summed E-state index contributed by atoms with van der Waals surface area (Å²) >= 11 is 0. The number of rotatable bonds is 8. The summed E-state index contributed by atoms with van der Waals surface area (Å²) in [5.41, 5.74) is 0.468. The van der Waals surface area contributed by atoms with Crippen molar-refractivity contribution in [3.05, 3.63) is 41.5 Å². The Balaban J connectivity index is 1.16. The van der Waals surface area contributed by atoms with Gasteiger partial charge in [0.15, 0.2) is 0 Å². The van der Waals surface area contributed by atoms with Crippen molar-refractivity contribution in [2.75, 3.05) is 33.8 Å². The van der Waals surface area contributed by atoms with Crippen LogP contribution >= 0.6 is 0 Å². The Morgan fingerprint density at radius 2 is 1.76 bits per heavy atom. The lowest BCUT2D eigenvalue weighted by atomic mass is 10.0. The van der Waals surface area contributed by atoms with Crippen LogP contribution in [0, 0.1) is 5.92 Å². The van der Waals surface area contributed by atoms with Gasteiger partial charge in [-0.25, -0.2) is 14.4 Å². The van der Waals surface area contributed by atoms with Gasteiger partial charge in [-0.1, -0.05) is 31.1 Å². The van der Waals surface area contributed by atoms with Gasteiger partial charge in [0.1, 0.15) is 42.2 Å². The van der Waals surface area contributed by atoms with E-state index in [4.69, 9.17) is 14.2 Å². The molecule has 2 aliphatic carbocycles. The molecule has 3 aliphatic heterocycles. The van der Waals surface area contributed by atoms with Gasteiger partial charge < -0.3 is 39.8 Å². The Bertz CT molecular complexity index is 1510. The summed E-state index contributed by atoms with van der Waals surface area (Å²) in [6, 6.07) is 3.68. The molecule has 278 valence electrons. The lowest BCUT2D eigenvalue weighted by Gasteiger charge is -2.29. The molecule has 14 heteroatoms. The van der Waals surface area contributed by atoms with Crippen molar-refractivity contribution >= 4 is 30.0 Å². The van der Waals surface area contributed by atoms with E-state index in [0.29, 0.717) is 32.5 Å². The predicted octanol–water partition coefficient (Wildman–Crippen LogP) is 3.57. The maximum atomic E-state index is 14.3. The summed E-state index contributed by atoms with van der Waals surface area (Å²) in [4.78, 5) is 71.9. The molecule has 5 atom stereocenters. The van der Waals surface area contributed by atoms with Crippen LogP contribution < -0.4 is 15.4 Å². The summed E-state index contributed by atoms with van der Waals surface area (Å²) in [6.07, 6.45) is 8.65. The van der Waals surface area contributed by atoms with Crippen molar-refractivity contribution in [3.63, 3.8) is 0 Å². The van der Waals surface area contributed by atoms with E-state index in [1.807, 2.05) is 49.3 Å². The number of hydrogen-bond acceptors (Lipinski definition) is 9. The van der Waals surface area contributed by atoms with Crippen LogP contribution in [0.1, 0.15) is 81.8 Å². The fourth-order valence-corrected chi connectivity index (χ4v) is 7.63. The fourth-order valence-electron chi connectivity index (χ4n) is 7.63. The van der Waals surface area contributed by atoms with Gasteiger partial charge in [0.25, 0.3) is 0 Å². The predicted molar refractivity (Wildman–Crippen MR) is 185 cm³/mol. The maximum Gasteiger partial charge on any atom is 0.410 e. The number of carboxylic acid groups (broad SMARTS) is 1. The lowest BCUT2D eigenvalue weighted by molar-refractivity contribution is -0.145. The van der Waals surface area contributed by atoms with Gasteiger partial charge in [0.05, 0.1) is 6.54 Å². The number of carbonyl (C=O) groups excluding carboxylic acids is 4. The van der Waals surface area contributed by atoms with E-state index in [1.165, 1.54) is 4.90 Å². The van der Waals surface area contributed by atoms with Crippen molar-refractivity contribution in [1.29, 1.82) is 0 Å². The third-order valence-corrected chi connectivity index (χ3v) is 10.7. The Hall–Kier alpha value is -4.33. The van der Waals surface area contributed by atoms with E-state index < -0.39 is 53.7 Å². The van der Waals surface area contributed by atoms with Gasteiger partial charge in [-0.2, -0.15) is 0 Å². The zero-order valence-electron chi connectivity index (χ0n) is 29.6. The molecule has 3 fully saturated rings. The number of benzene rings is 1. The van der Waals surface area contributed by atoms with Crippen LogP contribution in [0.2, 0.25) is 0 Å². The molecule has 51 heavy (non-hydrogen) atoms. The SMILES string of the molecule is CN(C)CCOc1ccc2c(c1)CN(C(=O)O[C@@H]1C[C@H]3C(=O)N[C@]4(C(=O)O)C[C@@H]4/C=C\CCCCC[C@H](NC(=O)OC4CCCC4)C(=O)N3C1)C2. The third-order valence-electron chi connectivity index (χ3n) is 10.7. The number of carbonyl (C=O) groups is 5. The molecule has 0 aromatic heterocycles. The summed E-state index contributed by atoms with van der Waals surface area (Å²) in [6.45, 7) is 1.89. The normalized spacial score (nSPS) is 28.8. The average molecular weight is 710 g/mol. The molecular weight excluding hydrogens is 658 g/mol. The molecule has 4 amide bonds. The lowest BCUT2D eigenvalue weighted by Crippen LogP contribution is -2.56. The number of aliphatic carboxylic acids is 1. The molecule has 14 nitrogen and oxygen atoms in total. The van der Waals surface area contributed by atoms with Gasteiger partial charge in [-0.15, -0.1) is 0 Å². The molecule has 6 rings (SSSR count). The Labute approximate surface area is 298 Å². The van der Waals surface area contributed by atoms with E-state index in [1.54, 1.807) is 4.90 Å². The number of nitrogens with one attached hydrogen (secondary N) is 2. The van der Waals surface area contributed by atoms with Gasteiger partial charge in [-0.05, 0) is 88.7 Å². The summed E-state index contributed by atoms with van der Waals surface area (Å²) in [5.74, 6) is -1.89. The van der Waals surface area contributed by atoms with Gasteiger partial charge in [-0.3, -0.25) is 14.5 Å². The summed E-state index contributed by atoms with van der Waals surface area (Å²) in [7, 11) is 3.95. The van der Waals surface area contributed by atoms with Crippen molar-refractivity contribution in [2.24, 2.45) is 5.92 Å². The monoisotopic (exact) mass is 709 g/mol. The first-order chi connectivity index (χ1) is 24.5. The highest BCUT2D eigenvalue weighted by atomic mass is 16.6. The number of hydrogen-bond donors (Lipinski definition) is 3. The minimum absolute atomic E-state index is 0.0105. The van der Waals surface area contributed by atoms with E-state index in [0.717, 1.165) is 68.4 Å². The molecule has 0 spiro atoms. The molecule has 3 N–H and O–H groups in total. The van der Waals surface area contributed by atoms with Crippen LogP contribution in [-0.4, -0.2) is 113 Å². The number of amides is 4. The van der Waals surface area contributed by atoms with Crippen LogP contribution in [-0.2, 0) is 36.9 Å². The fraction of sp³-hybridized carbons (Fsp3) is 0.649. The van der Waals surface area contributed by atoms with Crippen LogP contribution in [0.3, 0.4) is 0 Å². The molecule has 2 saturated carbocycles. The minimum Gasteiger partial charge on any atom is -0.492 e. The second-order valence-corrected chi connectivity index (χ2v) is 14.8. The molecule has 5 aliphatic rings. The first-order valence-electron chi connectivity index (χ1n) is 18.4. The van der Waals surface area contributed by atoms with Crippen LogP contribution in [0.15, 0.2) is 30.4 Å². The van der Waals surface area contributed by atoms with Crippen LogP contribution in [0.25, 0.3) is 0 Å². The Morgan fingerprint density at radius 1 is 1.00 bits per heavy atom. The van der Waals surface area contributed by atoms with Crippen molar-refractivity contribution in [2.45, 2.75) is 114 Å². The van der Waals surface area contributed by atoms with Gasteiger partial charge in [0.2, 0.25) is 11.8 Å². The molecular formula is C37H51N5O9. The number of ether oxygens (including phenoxy) is 3. The average Bonchev–Trinajstić information content (AvgIpc) is 3.49. The van der Waals surface area contributed by atoms with Crippen molar-refractivity contribution < 1.29 is 43.3 Å². The highest BCUT2D eigenvalue weighted by Gasteiger charge is 2.61. The quantitative estimate of drug-likeness (QED) is 0.340. The van der Waals surface area contributed by atoms with E-state index in [2.05, 4.69) is 10.6 Å². The maximum absolute atomic E-state index is 14.3. The number of allylic oxidation sites excluding steroid dienone is 1.